The van der Waals surface area contributed by atoms with Gasteiger partial charge in [0, 0.05) is 16.0 Å². The summed E-state index contributed by atoms with van der Waals surface area (Å²) in [5.41, 5.74) is 1.96. The molecule has 0 radical (unpaired) electrons. The second-order valence-electron chi connectivity index (χ2n) is 5.09. The SMILES string of the molecule is Cc1cc(Br)c(CN[C@@H](CC(C)C)C(=O)O)cc1Cl. The van der Waals surface area contributed by atoms with Crippen LogP contribution < -0.4 is 5.32 Å². The van der Waals surface area contributed by atoms with Gasteiger partial charge in [-0.15, -0.1) is 0 Å². The van der Waals surface area contributed by atoms with Gasteiger partial charge < -0.3 is 10.4 Å². The highest BCUT2D eigenvalue weighted by atomic mass is 79.9. The fourth-order valence-corrected chi connectivity index (χ4v) is 2.58. The number of hydrogen-bond donors (Lipinski definition) is 2. The minimum absolute atomic E-state index is 0.332. The van der Waals surface area contributed by atoms with E-state index in [2.05, 4.69) is 21.2 Å². The van der Waals surface area contributed by atoms with Gasteiger partial charge in [-0.3, -0.25) is 4.79 Å². The van der Waals surface area contributed by atoms with E-state index in [1.165, 1.54) is 0 Å². The van der Waals surface area contributed by atoms with E-state index in [4.69, 9.17) is 16.7 Å². The molecule has 19 heavy (non-hydrogen) atoms. The van der Waals surface area contributed by atoms with Crippen LogP contribution in [0.15, 0.2) is 16.6 Å². The molecule has 0 saturated carbocycles. The van der Waals surface area contributed by atoms with Gasteiger partial charge in [-0.1, -0.05) is 41.4 Å². The lowest BCUT2D eigenvalue weighted by Crippen LogP contribution is -2.37. The summed E-state index contributed by atoms with van der Waals surface area (Å²) >= 11 is 9.56. The molecule has 0 aromatic heterocycles. The summed E-state index contributed by atoms with van der Waals surface area (Å²) in [5, 5.41) is 12.9. The van der Waals surface area contributed by atoms with Gasteiger partial charge in [0.1, 0.15) is 6.04 Å². The predicted octanol–water partition coefficient (Wildman–Crippen LogP) is 4.00. The standard InChI is InChI=1S/C14H19BrClNO2/c1-8(2)4-13(14(18)19)17-7-10-6-12(16)9(3)5-11(10)15/h5-6,8,13,17H,4,7H2,1-3H3,(H,18,19)/t13-/m0/s1. The average Bonchev–Trinajstić information content (AvgIpc) is 2.29. The minimum atomic E-state index is -0.817. The molecule has 2 N–H and O–H groups in total. The predicted molar refractivity (Wildman–Crippen MR) is 81.6 cm³/mol. The molecular formula is C14H19BrClNO2. The lowest BCUT2D eigenvalue weighted by atomic mass is 10.0. The monoisotopic (exact) mass is 347 g/mol. The first-order chi connectivity index (χ1) is 8.81. The van der Waals surface area contributed by atoms with Crippen LogP contribution in [-0.4, -0.2) is 17.1 Å². The Labute approximate surface area is 127 Å². The maximum Gasteiger partial charge on any atom is 0.320 e. The van der Waals surface area contributed by atoms with Gasteiger partial charge in [-0.2, -0.15) is 0 Å². The second-order valence-corrected chi connectivity index (χ2v) is 6.36. The Balaban J connectivity index is 2.74. The third-order valence-electron chi connectivity index (χ3n) is 2.87. The topological polar surface area (TPSA) is 49.3 Å². The molecule has 1 rings (SSSR count). The van der Waals surface area contributed by atoms with Crippen molar-refractivity contribution in [3.05, 3.63) is 32.8 Å². The normalized spacial score (nSPS) is 12.7. The molecule has 0 unspecified atom stereocenters. The van der Waals surface area contributed by atoms with Crippen LogP contribution >= 0.6 is 27.5 Å². The fourth-order valence-electron chi connectivity index (χ4n) is 1.80. The Hall–Kier alpha value is -0.580. The number of carboxylic acid groups (broad SMARTS) is 1. The van der Waals surface area contributed by atoms with Crippen molar-refractivity contribution < 1.29 is 9.90 Å². The van der Waals surface area contributed by atoms with Crippen molar-refractivity contribution in [3.8, 4) is 0 Å². The Morgan fingerprint density at radius 1 is 1.47 bits per heavy atom. The summed E-state index contributed by atoms with van der Waals surface area (Å²) in [6, 6.07) is 3.27. The lowest BCUT2D eigenvalue weighted by molar-refractivity contribution is -0.140. The number of halogens is 2. The summed E-state index contributed by atoms with van der Waals surface area (Å²) in [5.74, 6) is -0.485. The van der Waals surface area contributed by atoms with E-state index >= 15 is 0 Å². The van der Waals surface area contributed by atoms with Crippen LogP contribution in [0.2, 0.25) is 5.02 Å². The van der Waals surface area contributed by atoms with Crippen LogP contribution in [0.4, 0.5) is 0 Å². The van der Waals surface area contributed by atoms with E-state index in [1.54, 1.807) is 0 Å². The van der Waals surface area contributed by atoms with E-state index in [9.17, 15) is 4.79 Å². The van der Waals surface area contributed by atoms with Gasteiger partial charge in [-0.25, -0.2) is 0 Å². The average molecular weight is 349 g/mol. The van der Waals surface area contributed by atoms with E-state index in [0.29, 0.717) is 23.9 Å². The molecule has 0 heterocycles. The number of aliphatic carboxylic acids is 1. The number of carboxylic acids is 1. The number of rotatable bonds is 6. The van der Waals surface area contributed by atoms with Gasteiger partial charge >= 0.3 is 5.97 Å². The largest absolute Gasteiger partial charge is 0.480 e. The molecule has 3 nitrogen and oxygen atoms in total. The zero-order valence-corrected chi connectivity index (χ0v) is 13.7. The van der Waals surface area contributed by atoms with Crippen molar-refractivity contribution in [2.24, 2.45) is 5.92 Å². The number of hydrogen-bond acceptors (Lipinski definition) is 2. The maximum atomic E-state index is 11.2. The van der Waals surface area contributed by atoms with Crippen molar-refractivity contribution in [2.75, 3.05) is 0 Å². The molecule has 0 fully saturated rings. The Bertz CT molecular complexity index is 463. The first-order valence-corrected chi connectivity index (χ1v) is 7.39. The molecule has 1 aromatic rings. The van der Waals surface area contributed by atoms with Gasteiger partial charge in [-0.05, 0) is 42.5 Å². The summed E-state index contributed by atoms with van der Waals surface area (Å²) in [6.07, 6.45) is 0.604. The van der Waals surface area contributed by atoms with Crippen molar-refractivity contribution in [2.45, 2.75) is 39.8 Å². The van der Waals surface area contributed by atoms with E-state index < -0.39 is 12.0 Å². The number of benzene rings is 1. The second kappa shape index (κ2) is 7.27. The third kappa shape index (κ3) is 5.13. The van der Waals surface area contributed by atoms with E-state index in [-0.39, 0.29) is 0 Å². The zero-order chi connectivity index (χ0) is 14.6. The van der Waals surface area contributed by atoms with E-state index in [0.717, 1.165) is 15.6 Å². The highest BCUT2D eigenvalue weighted by Gasteiger charge is 2.18. The molecule has 1 aromatic carbocycles. The van der Waals surface area contributed by atoms with Gasteiger partial charge in [0.05, 0.1) is 0 Å². The van der Waals surface area contributed by atoms with Gasteiger partial charge in [0.2, 0.25) is 0 Å². The Morgan fingerprint density at radius 3 is 2.63 bits per heavy atom. The number of aryl methyl sites for hydroxylation is 1. The summed E-state index contributed by atoms with van der Waals surface area (Å²) < 4.78 is 0.940. The van der Waals surface area contributed by atoms with Gasteiger partial charge in [0.25, 0.3) is 0 Å². The zero-order valence-electron chi connectivity index (χ0n) is 11.3. The smallest absolute Gasteiger partial charge is 0.320 e. The molecular weight excluding hydrogens is 330 g/mol. The molecule has 0 saturated heterocycles. The molecule has 106 valence electrons. The van der Waals surface area contributed by atoms with Crippen LogP contribution in [0.5, 0.6) is 0 Å². The minimum Gasteiger partial charge on any atom is -0.480 e. The molecule has 5 heteroatoms. The van der Waals surface area contributed by atoms with Crippen LogP contribution in [-0.2, 0) is 11.3 Å². The van der Waals surface area contributed by atoms with Crippen LogP contribution in [0.3, 0.4) is 0 Å². The first-order valence-electron chi connectivity index (χ1n) is 6.22. The molecule has 0 spiro atoms. The highest BCUT2D eigenvalue weighted by molar-refractivity contribution is 9.10. The molecule has 0 aliphatic rings. The highest BCUT2D eigenvalue weighted by Crippen LogP contribution is 2.25. The summed E-state index contributed by atoms with van der Waals surface area (Å²) in [7, 11) is 0. The maximum absolute atomic E-state index is 11.2. The number of nitrogens with one attached hydrogen (secondary N) is 1. The third-order valence-corrected chi connectivity index (χ3v) is 4.02. The molecule has 0 aliphatic carbocycles. The molecule has 0 amide bonds. The van der Waals surface area contributed by atoms with Crippen LogP contribution in [0.25, 0.3) is 0 Å². The van der Waals surface area contributed by atoms with Crippen molar-refractivity contribution in [1.82, 2.24) is 5.32 Å². The van der Waals surface area contributed by atoms with Crippen LogP contribution in [0.1, 0.15) is 31.4 Å². The van der Waals surface area contributed by atoms with Crippen molar-refractivity contribution in [1.29, 1.82) is 0 Å². The summed E-state index contributed by atoms with van der Waals surface area (Å²) in [6.45, 7) is 6.43. The Morgan fingerprint density at radius 2 is 2.11 bits per heavy atom. The molecule has 0 bridgehead atoms. The van der Waals surface area contributed by atoms with Gasteiger partial charge in [0.15, 0.2) is 0 Å². The van der Waals surface area contributed by atoms with E-state index in [1.807, 2.05) is 32.9 Å². The Kier molecular flexibility index (Phi) is 6.30. The molecule has 0 aliphatic heterocycles. The lowest BCUT2D eigenvalue weighted by Gasteiger charge is -2.17. The van der Waals surface area contributed by atoms with Crippen molar-refractivity contribution >= 4 is 33.5 Å². The molecule has 1 atom stereocenters. The van der Waals surface area contributed by atoms with Crippen LogP contribution in [0, 0.1) is 12.8 Å². The fraction of sp³-hybridized carbons (Fsp3) is 0.500. The number of carbonyl (C=O) groups is 1. The summed E-state index contributed by atoms with van der Waals surface area (Å²) in [4.78, 5) is 11.2. The quantitative estimate of drug-likeness (QED) is 0.817. The van der Waals surface area contributed by atoms with Crippen molar-refractivity contribution in [3.63, 3.8) is 0 Å². The first kappa shape index (κ1) is 16.5.